The number of nitrogens with zero attached hydrogens (tertiary/aromatic N) is 1. The molecule has 96 valence electrons. The Kier molecular flexibility index (Phi) is 4.92. The van der Waals surface area contributed by atoms with E-state index in [4.69, 9.17) is 11.6 Å². The van der Waals surface area contributed by atoms with Crippen LogP contribution in [0.25, 0.3) is 0 Å². The summed E-state index contributed by atoms with van der Waals surface area (Å²) in [4.78, 5) is 2.16. The van der Waals surface area contributed by atoms with Crippen molar-refractivity contribution in [3.8, 4) is 0 Å². The van der Waals surface area contributed by atoms with Gasteiger partial charge in [0.25, 0.3) is 0 Å². The van der Waals surface area contributed by atoms with Crippen LogP contribution >= 0.6 is 11.6 Å². The minimum Gasteiger partial charge on any atom is -0.311 e. The highest BCUT2D eigenvalue weighted by Crippen LogP contribution is 2.16. The standard InChI is InChI=1S/C13H20ClFN2/c1-13(2,17(3)4)9-16-8-10-5-6-12(15)11(14)7-10/h5-7,16H,8-9H2,1-4H3. The van der Waals surface area contributed by atoms with Crippen LogP contribution < -0.4 is 5.32 Å². The molecule has 0 aromatic heterocycles. The molecule has 1 aromatic carbocycles. The molecule has 0 aliphatic rings. The summed E-state index contributed by atoms with van der Waals surface area (Å²) in [5, 5.41) is 3.52. The molecule has 0 atom stereocenters. The maximum atomic E-state index is 13.0. The second-order valence-electron chi connectivity index (χ2n) is 5.06. The summed E-state index contributed by atoms with van der Waals surface area (Å²) >= 11 is 5.72. The molecule has 0 saturated heterocycles. The lowest BCUT2D eigenvalue weighted by molar-refractivity contribution is 0.190. The summed E-state index contributed by atoms with van der Waals surface area (Å²) in [6.07, 6.45) is 0. The smallest absolute Gasteiger partial charge is 0.141 e. The third-order valence-electron chi connectivity index (χ3n) is 3.08. The summed E-state index contributed by atoms with van der Waals surface area (Å²) in [5.74, 6) is -0.371. The second-order valence-corrected chi connectivity index (χ2v) is 5.47. The summed E-state index contributed by atoms with van der Waals surface area (Å²) in [6.45, 7) is 5.88. The first kappa shape index (κ1) is 14.4. The van der Waals surface area contributed by atoms with E-state index in [2.05, 4.69) is 38.2 Å². The fourth-order valence-corrected chi connectivity index (χ4v) is 1.52. The topological polar surface area (TPSA) is 15.3 Å². The second kappa shape index (κ2) is 5.80. The van der Waals surface area contributed by atoms with E-state index in [-0.39, 0.29) is 16.4 Å². The van der Waals surface area contributed by atoms with Gasteiger partial charge >= 0.3 is 0 Å². The van der Waals surface area contributed by atoms with E-state index < -0.39 is 0 Å². The van der Waals surface area contributed by atoms with Gasteiger partial charge in [-0.3, -0.25) is 0 Å². The molecular weight excluding hydrogens is 239 g/mol. The number of hydrogen-bond acceptors (Lipinski definition) is 2. The third-order valence-corrected chi connectivity index (χ3v) is 3.37. The molecule has 0 amide bonds. The first-order valence-electron chi connectivity index (χ1n) is 5.65. The Morgan fingerprint density at radius 3 is 2.53 bits per heavy atom. The van der Waals surface area contributed by atoms with Crippen molar-refractivity contribution in [3.63, 3.8) is 0 Å². The zero-order valence-electron chi connectivity index (χ0n) is 10.8. The molecule has 1 rings (SSSR count). The SMILES string of the molecule is CN(C)C(C)(C)CNCc1ccc(F)c(Cl)c1. The van der Waals surface area contributed by atoms with E-state index in [1.165, 1.54) is 6.07 Å². The molecule has 0 aliphatic heterocycles. The van der Waals surface area contributed by atoms with E-state index in [0.717, 1.165) is 12.1 Å². The normalized spacial score (nSPS) is 12.2. The van der Waals surface area contributed by atoms with Crippen LogP contribution in [-0.2, 0) is 6.54 Å². The summed E-state index contributed by atoms with van der Waals surface area (Å²) in [7, 11) is 4.10. The largest absolute Gasteiger partial charge is 0.311 e. The van der Waals surface area contributed by atoms with Crippen LogP contribution in [0, 0.1) is 5.82 Å². The van der Waals surface area contributed by atoms with Crippen molar-refractivity contribution in [1.29, 1.82) is 0 Å². The third kappa shape index (κ3) is 4.26. The maximum absolute atomic E-state index is 13.0. The molecule has 0 unspecified atom stereocenters. The molecule has 2 nitrogen and oxygen atoms in total. The van der Waals surface area contributed by atoms with E-state index in [1.54, 1.807) is 12.1 Å². The highest BCUT2D eigenvalue weighted by molar-refractivity contribution is 6.30. The maximum Gasteiger partial charge on any atom is 0.141 e. The summed E-state index contributed by atoms with van der Waals surface area (Å²) in [5.41, 5.74) is 1.08. The first-order chi connectivity index (χ1) is 7.83. The Bertz CT molecular complexity index is 378. The fraction of sp³-hybridized carbons (Fsp3) is 0.538. The van der Waals surface area contributed by atoms with E-state index in [9.17, 15) is 4.39 Å². The lowest BCUT2D eigenvalue weighted by atomic mass is 10.0. The van der Waals surface area contributed by atoms with Gasteiger partial charge in [0.05, 0.1) is 5.02 Å². The van der Waals surface area contributed by atoms with Gasteiger partial charge in [0.2, 0.25) is 0 Å². The predicted octanol–water partition coefficient (Wildman–Crippen LogP) is 2.91. The van der Waals surface area contributed by atoms with Gasteiger partial charge in [-0.15, -0.1) is 0 Å². The molecule has 0 heterocycles. The molecule has 17 heavy (non-hydrogen) atoms. The average molecular weight is 259 g/mol. The monoisotopic (exact) mass is 258 g/mol. The molecular formula is C13H20ClFN2. The minimum atomic E-state index is -0.371. The zero-order valence-corrected chi connectivity index (χ0v) is 11.6. The van der Waals surface area contributed by atoms with Gasteiger partial charge in [-0.1, -0.05) is 17.7 Å². The van der Waals surface area contributed by atoms with Gasteiger partial charge in [0.1, 0.15) is 5.82 Å². The van der Waals surface area contributed by atoms with E-state index >= 15 is 0 Å². The first-order valence-corrected chi connectivity index (χ1v) is 6.03. The summed E-state index contributed by atoms with van der Waals surface area (Å²) < 4.78 is 13.0. The Morgan fingerprint density at radius 1 is 1.35 bits per heavy atom. The van der Waals surface area contributed by atoms with Crippen molar-refractivity contribution < 1.29 is 4.39 Å². The molecule has 0 spiro atoms. The quantitative estimate of drug-likeness (QED) is 0.874. The number of likely N-dealkylation sites (N-methyl/N-ethyl adjacent to an activating group) is 1. The van der Waals surface area contributed by atoms with Crippen LogP contribution in [0.2, 0.25) is 5.02 Å². The van der Waals surface area contributed by atoms with Crippen molar-refractivity contribution in [2.45, 2.75) is 25.9 Å². The number of nitrogens with one attached hydrogen (secondary N) is 1. The van der Waals surface area contributed by atoms with Crippen LogP contribution in [-0.4, -0.2) is 31.1 Å². The number of benzene rings is 1. The Balaban J connectivity index is 2.49. The van der Waals surface area contributed by atoms with Gasteiger partial charge in [0.15, 0.2) is 0 Å². The zero-order chi connectivity index (χ0) is 13.1. The highest BCUT2D eigenvalue weighted by atomic mass is 35.5. The average Bonchev–Trinajstić information content (AvgIpc) is 2.23. The van der Waals surface area contributed by atoms with Crippen LogP contribution in [0.1, 0.15) is 19.4 Å². The van der Waals surface area contributed by atoms with Crippen molar-refractivity contribution in [2.24, 2.45) is 0 Å². The Labute approximate surface area is 108 Å². The molecule has 1 aromatic rings. The molecule has 0 radical (unpaired) electrons. The number of halogens is 2. The fourth-order valence-electron chi connectivity index (χ4n) is 1.32. The van der Waals surface area contributed by atoms with Crippen molar-refractivity contribution in [1.82, 2.24) is 10.2 Å². The minimum absolute atomic E-state index is 0.0871. The molecule has 0 bridgehead atoms. The van der Waals surface area contributed by atoms with E-state index in [0.29, 0.717) is 6.54 Å². The highest BCUT2D eigenvalue weighted by Gasteiger charge is 2.19. The van der Waals surface area contributed by atoms with E-state index in [1.807, 2.05) is 0 Å². The van der Waals surface area contributed by atoms with Crippen LogP contribution in [0.4, 0.5) is 4.39 Å². The van der Waals surface area contributed by atoms with Crippen molar-refractivity contribution >= 4 is 11.6 Å². The number of hydrogen-bond donors (Lipinski definition) is 1. The van der Waals surface area contributed by atoms with Gasteiger partial charge in [-0.25, -0.2) is 4.39 Å². The number of rotatable bonds is 5. The van der Waals surface area contributed by atoms with Crippen LogP contribution in [0.5, 0.6) is 0 Å². The van der Waals surface area contributed by atoms with Gasteiger partial charge in [-0.05, 0) is 45.6 Å². The van der Waals surface area contributed by atoms with Crippen LogP contribution in [0.15, 0.2) is 18.2 Å². The lowest BCUT2D eigenvalue weighted by Crippen LogP contribution is -2.46. The Morgan fingerprint density at radius 2 is 2.00 bits per heavy atom. The van der Waals surface area contributed by atoms with Crippen molar-refractivity contribution in [2.75, 3.05) is 20.6 Å². The van der Waals surface area contributed by atoms with Gasteiger partial charge in [0, 0.05) is 18.6 Å². The lowest BCUT2D eigenvalue weighted by Gasteiger charge is -2.32. The van der Waals surface area contributed by atoms with Crippen molar-refractivity contribution in [3.05, 3.63) is 34.6 Å². The van der Waals surface area contributed by atoms with Crippen LogP contribution in [0.3, 0.4) is 0 Å². The van der Waals surface area contributed by atoms with Gasteiger partial charge < -0.3 is 10.2 Å². The molecule has 0 saturated carbocycles. The predicted molar refractivity (Wildman–Crippen MR) is 70.9 cm³/mol. The van der Waals surface area contributed by atoms with Gasteiger partial charge in [-0.2, -0.15) is 0 Å². The summed E-state index contributed by atoms with van der Waals surface area (Å²) in [6, 6.07) is 4.81. The molecule has 4 heteroatoms. The molecule has 1 N–H and O–H groups in total. The Hall–Kier alpha value is -0.640. The molecule has 0 aliphatic carbocycles. The molecule has 0 fully saturated rings.